The molecule has 1 aromatic carbocycles. The Morgan fingerprint density at radius 3 is 2.76 bits per heavy atom. The first-order valence-corrected chi connectivity index (χ1v) is 7.43. The highest BCUT2D eigenvalue weighted by Crippen LogP contribution is 2.16. The summed E-state index contributed by atoms with van der Waals surface area (Å²) in [6, 6.07) is 8.00. The Kier molecular flexibility index (Phi) is 6.02. The van der Waals surface area contributed by atoms with E-state index in [0.717, 1.165) is 37.1 Å². The second-order valence-electron chi connectivity index (χ2n) is 5.52. The van der Waals surface area contributed by atoms with Gasteiger partial charge in [-0.2, -0.15) is 0 Å². The number of piperidine rings is 1. The van der Waals surface area contributed by atoms with Crippen molar-refractivity contribution < 1.29 is 14.6 Å². The van der Waals surface area contributed by atoms with Crippen LogP contribution in [0.3, 0.4) is 0 Å². The summed E-state index contributed by atoms with van der Waals surface area (Å²) in [6.07, 6.45) is 1.76. The number of urea groups is 1. The summed E-state index contributed by atoms with van der Waals surface area (Å²) in [5.41, 5.74) is 2.18. The molecule has 0 aliphatic carbocycles. The molecule has 1 aliphatic heterocycles. The summed E-state index contributed by atoms with van der Waals surface area (Å²) in [4.78, 5) is 13.9. The maximum absolute atomic E-state index is 12.1. The predicted molar refractivity (Wildman–Crippen MR) is 80.8 cm³/mol. The molecule has 2 rings (SSSR count). The number of likely N-dealkylation sites (tertiary alicyclic amines) is 1. The van der Waals surface area contributed by atoms with Crippen molar-refractivity contribution in [3.63, 3.8) is 0 Å². The summed E-state index contributed by atoms with van der Waals surface area (Å²) in [5, 5.41) is 12.1. The highest BCUT2D eigenvalue weighted by Gasteiger charge is 2.21. The molecule has 1 fully saturated rings. The maximum atomic E-state index is 12.1. The lowest BCUT2D eigenvalue weighted by molar-refractivity contribution is 0.137. The van der Waals surface area contributed by atoms with E-state index < -0.39 is 0 Å². The second-order valence-corrected chi connectivity index (χ2v) is 5.52. The molecule has 0 unspecified atom stereocenters. The molecule has 0 bridgehead atoms. The Labute approximate surface area is 125 Å². The smallest absolute Gasteiger partial charge is 0.317 e. The first kappa shape index (κ1) is 15.8. The number of nitrogens with one attached hydrogen (secondary N) is 1. The Morgan fingerprint density at radius 2 is 2.10 bits per heavy atom. The van der Waals surface area contributed by atoms with E-state index in [1.54, 1.807) is 7.11 Å². The van der Waals surface area contributed by atoms with Gasteiger partial charge in [-0.15, -0.1) is 0 Å². The number of ether oxygens (including phenoxy) is 1. The highest BCUT2D eigenvalue weighted by atomic mass is 16.5. The van der Waals surface area contributed by atoms with Gasteiger partial charge in [0.15, 0.2) is 0 Å². The van der Waals surface area contributed by atoms with Gasteiger partial charge < -0.3 is 20.1 Å². The average Bonchev–Trinajstić information content (AvgIpc) is 2.53. The zero-order valence-corrected chi connectivity index (χ0v) is 12.5. The molecule has 2 N–H and O–H groups in total. The molecule has 1 aliphatic rings. The third kappa shape index (κ3) is 4.72. The van der Waals surface area contributed by atoms with Crippen LogP contribution in [0.25, 0.3) is 0 Å². The van der Waals surface area contributed by atoms with Crippen LogP contribution in [-0.4, -0.2) is 42.8 Å². The fourth-order valence-corrected chi connectivity index (χ4v) is 2.60. The van der Waals surface area contributed by atoms with Crippen molar-refractivity contribution in [2.24, 2.45) is 5.92 Å². The zero-order chi connectivity index (χ0) is 15.1. The number of carbonyl (C=O) groups excluding carboxylic acids is 1. The fourth-order valence-electron chi connectivity index (χ4n) is 2.60. The number of amides is 2. The number of nitrogens with zero attached hydrogens (tertiary/aromatic N) is 1. The van der Waals surface area contributed by atoms with Crippen LogP contribution in [0.1, 0.15) is 24.0 Å². The van der Waals surface area contributed by atoms with Crippen LogP contribution in [0.5, 0.6) is 0 Å². The number of aliphatic hydroxyl groups excluding tert-OH is 1. The molecular formula is C16H24N2O3. The second kappa shape index (κ2) is 8.00. The first-order chi connectivity index (χ1) is 10.2. The van der Waals surface area contributed by atoms with Gasteiger partial charge in [-0.25, -0.2) is 4.79 Å². The molecule has 21 heavy (non-hydrogen) atoms. The van der Waals surface area contributed by atoms with E-state index in [-0.39, 0.29) is 12.6 Å². The van der Waals surface area contributed by atoms with Crippen LogP contribution in [0, 0.1) is 5.92 Å². The third-order valence-electron chi connectivity index (χ3n) is 3.91. The Balaban J connectivity index is 1.80. The Bertz CT molecular complexity index is 457. The quantitative estimate of drug-likeness (QED) is 0.869. The van der Waals surface area contributed by atoms with Gasteiger partial charge in [0.2, 0.25) is 0 Å². The lowest BCUT2D eigenvalue weighted by Crippen LogP contribution is -2.44. The molecule has 0 spiro atoms. The van der Waals surface area contributed by atoms with Crippen molar-refractivity contribution in [2.75, 3.05) is 26.8 Å². The first-order valence-electron chi connectivity index (χ1n) is 7.43. The van der Waals surface area contributed by atoms with E-state index in [0.29, 0.717) is 19.1 Å². The van der Waals surface area contributed by atoms with Gasteiger partial charge in [-0.05, 0) is 29.9 Å². The molecule has 0 atom stereocenters. The van der Waals surface area contributed by atoms with Crippen LogP contribution < -0.4 is 5.32 Å². The third-order valence-corrected chi connectivity index (χ3v) is 3.91. The molecule has 5 heteroatoms. The monoisotopic (exact) mass is 292 g/mol. The summed E-state index contributed by atoms with van der Waals surface area (Å²) < 4.78 is 5.11. The van der Waals surface area contributed by atoms with E-state index >= 15 is 0 Å². The molecule has 0 aromatic heterocycles. The van der Waals surface area contributed by atoms with Crippen molar-refractivity contribution in [1.29, 1.82) is 0 Å². The number of carbonyl (C=O) groups is 1. The molecule has 116 valence electrons. The van der Waals surface area contributed by atoms with Gasteiger partial charge in [-0.3, -0.25) is 0 Å². The van der Waals surface area contributed by atoms with Crippen molar-refractivity contribution in [2.45, 2.75) is 26.0 Å². The molecule has 0 saturated carbocycles. The molecular weight excluding hydrogens is 268 g/mol. The SMILES string of the molecule is COCc1cccc(CNC(=O)N2CCC(CO)CC2)c1. The molecule has 2 amide bonds. The maximum Gasteiger partial charge on any atom is 0.317 e. The van der Waals surface area contributed by atoms with Crippen molar-refractivity contribution in [3.05, 3.63) is 35.4 Å². The Morgan fingerprint density at radius 1 is 1.38 bits per heavy atom. The number of aliphatic hydroxyl groups is 1. The van der Waals surface area contributed by atoms with Crippen LogP contribution in [-0.2, 0) is 17.9 Å². The number of rotatable bonds is 5. The summed E-state index contributed by atoms with van der Waals surface area (Å²) in [6.45, 7) is 2.77. The van der Waals surface area contributed by atoms with E-state index in [1.807, 2.05) is 29.2 Å². The largest absolute Gasteiger partial charge is 0.396 e. The number of benzene rings is 1. The molecule has 0 radical (unpaired) electrons. The zero-order valence-electron chi connectivity index (χ0n) is 12.5. The molecule has 1 aromatic rings. The topological polar surface area (TPSA) is 61.8 Å². The van der Waals surface area contributed by atoms with Crippen LogP contribution >= 0.6 is 0 Å². The van der Waals surface area contributed by atoms with Crippen LogP contribution in [0.15, 0.2) is 24.3 Å². The minimum atomic E-state index is -0.0245. The fraction of sp³-hybridized carbons (Fsp3) is 0.562. The van der Waals surface area contributed by atoms with Crippen LogP contribution in [0.4, 0.5) is 4.79 Å². The predicted octanol–water partition coefficient (Wildman–Crippen LogP) is 1.75. The summed E-state index contributed by atoms with van der Waals surface area (Å²) >= 11 is 0. The van der Waals surface area contributed by atoms with E-state index in [4.69, 9.17) is 9.84 Å². The molecule has 1 heterocycles. The van der Waals surface area contributed by atoms with Crippen molar-refractivity contribution >= 4 is 6.03 Å². The molecule has 5 nitrogen and oxygen atoms in total. The Hall–Kier alpha value is -1.59. The van der Waals surface area contributed by atoms with E-state index in [9.17, 15) is 4.79 Å². The molecule has 1 saturated heterocycles. The number of methoxy groups -OCH3 is 1. The lowest BCUT2D eigenvalue weighted by Gasteiger charge is -2.31. The summed E-state index contributed by atoms with van der Waals surface area (Å²) in [5.74, 6) is 0.347. The number of hydrogen-bond donors (Lipinski definition) is 2. The van der Waals surface area contributed by atoms with Crippen molar-refractivity contribution in [3.8, 4) is 0 Å². The number of hydrogen-bond acceptors (Lipinski definition) is 3. The highest BCUT2D eigenvalue weighted by molar-refractivity contribution is 5.74. The normalized spacial score (nSPS) is 16.0. The summed E-state index contributed by atoms with van der Waals surface area (Å²) in [7, 11) is 1.67. The average molecular weight is 292 g/mol. The van der Waals surface area contributed by atoms with E-state index in [1.165, 1.54) is 0 Å². The van der Waals surface area contributed by atoms with Gasteiger partial charge in [0.05, 0.1) is 6.61 Å². The van der Waals surface area contributed by atoms with Gasteiger partial charge in [0.25, 0.3) is 0 Å². The lowest BCUT2D eigenvalue weighted by atomic mass is 9.98. The van der Waals surface area contributed by atoms with E-state index in [2.05, 4.69) is 5.32 Å². The van der Waals surface area contributed by atoms with Crippen LogP contribution in [0.2, 0.25) is 0 Å². The van der Waals surface area contributed by atoms with Gasteiger partial charge in [-0.1, -0.05) is 24.3 Å². The minimum absolute atomic E-state index is 0.0245. The van der Waals surface area contributed by atoms with Crippen molar-refractivity contribution in [1.82, 2.24) is 10.2 Å². The standard InChI is InChI=1S/C16H24N2O3/c1-21-12-15-4-2-3-14(9-15)10-17-16(20)18-7-5-13(11-19)6-8-18/h2-4,9,13,19H,5-8,10-12H2,1H3,(H,17,20). The van der Waals surface area contributed by atoms with Gasteiger partial charge >= 0.3 is 6.03 Å². The van der Waals surface area contributed by atoms with Gasteiger partial charge in [0.1, 0.15) is 0 Å². The van der Waals surface area contributed by atoms with Gasteiger partial charge in [0, 0.05) is 33.4 Å². The minimum Gasteiger partial charge on any atom is -0.396 e.